The molecule has 0 bridgehead atoms. The number of carboxylic acids is 1. The molecule has 0 spiro atoms. The molecular formula is C10H14N2O4. The highest BCUT2D eigenvalue weighted by molar-refractivity contribution is 5.79. The van der Waals surface area contributed by atoms with Crippen LogP contribution >= 0.6 is 0 Å². The fraction of sp³-hybridized carbons (Fsp3) is 0.700. The fourth-order valence-corrected chi connectivity index (χ4v) is 2.21. The summed E-state index contributed by atoms with van der Waals surface area (Å²) >= 11 is 0. The SMILES string of the molecule is CC1(C)CC(C#N)(C(=O)O)CCN1C(=O)O. The van der Waals surface area contributed by atoms with Gasteiger partial charge in [0.2, 0.25) is 0 Å². The number of hydrogen-bond donors (Lipinski definition) is 2. The van der Waals surface area contributed by atoms with E-state index in [0.29, 0.717) is 0 Å². The van der Waals surface area contributed by atoms with E-state index in [9.17, 15) is 9.59 Å². The summed E-state index contributed by atoms with van der Waals surface area (Å²) in [5, 5.41) is 27.0. The van der Waals surface area contributed by atoms with Gasteiger partial charge in [-0.3, -0.25) is 4.79 Å². The van der Waals surface area contributed by atoms with Crippen molar-refractivity contribution in [1.82, 2.24) is 4.90 Å². The van der Waals surface area contributed by atoms with Crippen LogP contribution in [-0.2, 0) is 4.79 Å². The summed E-state index contributed by atoms with van der Waals surface area (Å²) in [6.45, 7) is 3.34. The Kier molecular flexibility index (Phi) is 2.82. The number of amides is 1. The van der Waals surface area contributed by atoms with Crippen molar-refractivity contribution in [3.63, 3.8) is 0 Å². The zero-order valence-corrected chi connectivity index (χ0v) is 9.23. The van der Waals surface area contributed by atoms with Gasteiger partial charge < -0.3 is 15.1 Å². The van der Waals surface area contributed by atoms with Crippen molar-refractivity contribution in [1.29, 1.82) is 5.26 Å². The normalized spacial score (nSPS) is 28.2. The van der Waals surface area contributed by atoms with Crippen molar-refractivity contribution in [2.45, 2.75) is 32.2 Å². The number of hydrogen-bond acceptors (Lipinski definition) is 3. The summed E-state index contributed by atoms with van der Waals surface area (Å²) in [7, 11) is 0. The van der Waals surface area contributed by atoms with E-state index in [1.165, 1.54) is 4.90 Å². The maximum absolute atomic E-state index is 11.1. The molecule has 1 unspecified atom stereocenters. The Labute approximate surface area is 93.1 Å². The molecule has 6 nitrogen and oxygen atoms in total. The molecule has 88 valence electrons. The summed E-state index contributed by atoms with van der Waals surface area (Å²) in [6, 6.07) is 1.81. The van der Waals surface area contributed by atoms with Crippen LogP contribution in [0.15, 0.2) is 0 Å². The standard InChI is InChI=1S/C10H14N2O4/c1-9(2)5-10(6-11,7(13)14)3-4-12(9)8(15)16/h3-5H2,1-2H3,(H,13,14)(H,15,16). The third kappa shape index (κ3) is 1.81. The molecule has 0 saturated carbocycles. The summed E-state index contributed by atoms with van der Waals surface area (Å²) in [5.41, 5.74) is -2.30. The average Bonchev–Trinajstić information content (AvgIpc) is 2.14. The summed E-state index contributed by atoms with van der Waals surface area (Å²) in [5.74, 6) is -1.17. The van der Waals surface area contributed by atoms with E-state index >= 15 is 0 Å². The minimum Gasteiger partial charge on any atom is -0.480 e. The van der Waals surface area contributed by atoms with Gasteiger partial charge in [-0.05, 0) is 26.7 Å². The molecule has 0 aromatic carbocycles. The van der Waals surface area contributed by atoms with Crippen molar-refractivity contribution >= 4 is 12.1 Å². The quantitative estimate of drug-likeness (QED) is 0.697. The topological polar surface area (TPSA) is 102 Å². The van der Waals surface area contributed by atoms with Gasteiger partial charge in [0, 0.05) is 12.1 Å². The van der Waals surface area contributed by atoms with Crippen molar-refractivity contribution in [3.8, 4) is 6.07 Å². The number of carbonyl (C=O) groups is 2. The Balaban J connectivity index is 3.02. The Bertz CT molecular complexity index is 372. The maximum Gasteiger partial charge on any atom is 0.407 e. The first kappa shape index (κ1) is 12.3. The monoisotopic (exact) mass is 226 g/mol. The van der Waals surface area contributed by atoms with Crippen molar-refractivity contribution in [2.75, 3.05) is 6.54 Å². The minimum atomic E-state index is -1.46. The summed E-state index contributed by atoms with van der Waals surface area (Å²) < 4.78 is 0. The number of nitrogens with zero attached hydrogens (tertiary/aromatic N) is 2. The van der Waals surface area contributed by atoms with Crippen LogP contribution in [0.3, 0.4) is 0 Å². The van der Waals surface area contributed by atoms with Crippen molar-refractivity contribution in [2.24, 2.45) is 5.41 Å². The highest BCUT2D eigenvalue weighted by Gasteiger charge is 2.50. The molecular weight excluding hydrogens is 212 g/mol. The van der Waals surface area contributed by atoms with Crippen LogP contribution in [0.4, 0.5) is 4.79 Å². The van der Waals surface area contributed by atoms with E-state index < -0.39 is 23.0 Å². The van der Waals surface area contributed by atoms with Gasteiger partial charge in [-0.15, -0.1) is 0 Å². The van der Waals surface area contributed by atoms with Crippen LogP contribution in [0, 0.1) is 16.7 Å². The smallest absolute Gasteiger partial charge is 0.407 e. The van der Waals surface area contributed by atoms with Gasteiger partial charge in [0.05, 0.1) is 6.07 Å². The van der Waals surface area contributed by atoms with E-state index in [4.69, 9.17) is 15.5 Å². The molecule has 2 N–H and O–H groups in total. The highest BCUT2D eigenvalue weighted by atomic mass is 16.4. The predicted molar refractivity (Wildman–Crippen MR) is 53.7 cm³/mol. The van der Waals surface area contributed by atoms with Crippen LogP contribution in [-0.4, -0.2) is 39.3 Å². The Morgan fingerprint density at radius 3 is 2.25 bits per heavy atom. The molecule has 6 heteroatoms. The van der Waals surface area contributed by atoms with Crippen LogP contribution in [0.5, 0.6) is 0 Å². The molecule has 0 aromatic rings. The number of piperidine rings is 1. The van der Waals surface area contributed by atoms with Crippen molar-refractivity contribution < 1.29 is 19.8 Å². The lowest BCUT2D eigenvalue weighted by Crippen LogP contribution is -2.57. The Morgan fingerprint density at radius 2 is 1.94 bits per heavy atom. The first-order valence-corrected chi connectivity index (χ1v) is 4.90. The fourth-order valence-electron chi connectivity index (χ4n) is 2.21. The third-order valence-corrected chi connectivity index (χ3v) is 3.08. The molecule has 0 aliphatic carbocycles. The van der Waals surface area contributed by atoms with Crippen LogP contribution < -0.4 is 0 Å². The molecule has 1 rings (SSSR count). The van der Waals surface area contributed by atoms with E-state index in [1.54, 1.807) is 13.8 Å². The summed E-state index contributed by atoms with van der Waals surface area (Å²) in [6.07, 6.45) is -1.03. The molecule has 0 radical (unpaired) electrons. The summed E-state index contributed by atoms with van der Waals surface area (Å²) in [4.78, 5) is 23.2. The third-order valence-electron chi connectivity index (χ3n) is 3.08. The molecule has 0 aromatic heterocycles. The van der Waals surface area contributed by atoms with Crippen LogP contribution in [0.2, 0.25) is 0 Å². The number of likely N-dealkylation sites (tertiary alicyclic amines) is 1. The number of aliphatic carboxylic acids is 1. The molecule has 1 atom stereocenters. The second-order valence-corrected chi connectivity index (χ2v) is 4.67. The van der Waals surface area contributed by atoms with E-state index in [2.05, 4.69) is 0 Å². The lowest BCUT2D eigenvalue weighted by atomic mass is 9.71. The lowest BCUT2D eigenvalue weighted by molar-refractivity contribution is -0.150. The van der Waals surface area contributed by atoms with Crippen LogP contribution in [0.25, 0.3) is 0 Å². The van der Waals surface area contributed by atoms with Crippen molar-refractivity contribution in [3.05, 3.63) is 0 Å². The second-order valence-electron chi connectivity index (χ2n) is 4.67. The number of carboxylic acid groups (broad SMARTS) is 2. The second kappa shape index (κ2) is 3.67. The van der Waals surface area contributed by atoms with Gasteiger partial charge in [-0.2, -0.15) is 5.26 Å². The Morgan fingerprint density at radius 1 is 1.38 bits per heavy atom. The molecule has 1 aliphatic rings. The number of rotatable bonds is 1. The highest BCUT2D eigenvalue weighted by Crippen LogP contribution is 2.40. The van der Waals surface area contributed by atoms with E-state index in [0.717, 1.165) is 0 Å². The lowest BCUT2D eigenvalue weighted by Gasteiger charge is -2.45. The zero-order valence-electron chi connectivity index (χ0n) is 9.23. The maximum atomic E-state index is 11.1. The van der Waals surface area contributed by atoms with Gasteiger partial charge in [-0.25, -0.2) is 4.79 Å². The molecule has 16 heavy (non-hydrogen) atoms. The molecule has 1 saturated heterocycles. The van der Waals surface area contributed by atoms with E-state index in [1.807, 2.05) is 6.07 Å². The first-order valence-electron chi connectivity index (χ1n) is 4.90. The molecule has 1 amide bonds. The van der Waals surface area contributed by atoms with Crippen LogP contribution in [0.1, 0.15) is 26.7 Å². The Hall–Kier alpha value is -1.77. The predicted octanol–water partition coefficient (Wildman–Crippen LogP) is 1.13. The average molecular weight is 226 g/mol. The van der Waals surface area contributed by atoms with Gasteiger partial charge >= 0.3 is 12.1 Å². The first-order chi connectivity index (χ1) is 7.25. The molecule has 1 aliphatic heterocycles. The van der Waals surface area contributed by atoms with Gasteiger partial charge in [0.1, 0.15) is 0 Å². The van der Waals surface area contributed by atoms with Gasteiger partial charge in [0.15, 0.2) is 5.41 Å². The zero-order chi connectivity index (χ0) is 12.6. The van der Waals surface area contributed by atoms with E-state index in [-0.39, 0.29) is 19.4 Å². The van der Waals surface area contributed by atoms with Gasteiger partial charge in [0.25, 0.3) is 0 Å². The number of nitriles is 1. The molecule has 1 fully saturated rings. The van der Waals surface area contributed by atoms with Gasteiger partial charge in [-0.1, -0.05) is 0 Å². The molecule has 1 heterocycles. The largest absolute Gasteiger partial charge is 0.480 e. The minimum absolute atomic E-state index is 0.0120.